The molecular formula is C16H28N4. The molecule has 4 heteroatoms. The molecule has 0 radical (unpaired) electrons. The summed E-state index contributed by atoms with van der Waals surface area (Å²) < 4.78 is 0. The number of rotatable bonds is 6. The molecule has 2 N–H and O–H groups in total. The zero-order valence-electron chi connectivity index (χ0n) is 13.4. The number of hydrogen-bond acceptors (Lipinski definition) is 2. The molecule has 112 valence electrons. The second-order valence-corrected chi connectivity index (χ2v) is 5.52. The number of anilines is 1. The molecular weight excluding hydrogens is 248 g/mol. The number of benzene rings is 1. The Morgan fingerprint density at radius 2 is 1.70 bits per heavy atom. The lowest BCUT2D eigenvalue weighted by Gasteiger charge is -2.28. The van der Waals surface area contributed by atoms with Gasteiger partial charge in [0.25, 0.3) is 0 Å². The van der Waals surface area contributed by atoms with Gasteiger partial charge in [0.15, 0.2) is 5.96 Å². The molecule has 1 unspecified atom stereocenters. The van der Waals surface area contributed by atoms with Gasteiger partial charge in [0.05, 0.1) is 0 Å². The van der Waals surface area contributed by atoms with E-state index < -0.39 is 0 Å². The Kier molecular flexibility index (Phi) is 6.91. The van der Waals surface area contributed by atoms with Crippen molar-refractivity contribution in [2.45, 2.75) is 26.8 Å². The SMILES string of the molecule is CN=C(NCC(C)C)NCC(C)N(C)c1ccccc1. The maximum Gasteiger partial charge on any atom is 0.191 e. The van der Waals surface area contributed by atoms with E-state index in [9.17, 15) is 0 Å². The Balaban J connectivity index is 2.44. The van der Waals surface area contributed by atoms with Crippen molar-refractivity contribution < 1.29 is 0 Å². The number of likely N-dealkylation sites (N-methyl/N-ethyl adjacent to an activating group) is 1. The van der Waals surface area contributed by atoms with Crippen molar-refractivity contribution in [1.29, 1.82) is 0 Å². The zero-order chi connectivity index (χ0) is 15.0. The number of aliphatic imine (C=N–C) groups is 1. The van der Waals surface area contributed by atoms with E-state index in [4.69, 9.17) is 0 Å². The highest BCUT2D eigenvalue weighted by atomic mass is 15.2. The maximum absolute atomic E-state index is 4.24. The van der Waals surface area contributed by atoms with Gasteiger partial charge in [-0.1, -0.05) is 32.0 Å². The Bertz CT molecular complexity index is 400. The zero-order valence-corrected chi connectivity index (χ0v) is 13.4. The highest BCUT2D eigenvalue weighted by Crippen LogP contribution is 2.13. The molecule has 0 aliphatic heterocycles. The fraction of sp³-hybridized carbons (Fsp3) is 0.562. The van der Waals surface area contributed by atoms with Crippen LogP contribution in [0.5, 0.6) is 0 Å². The first-order valence-corrected chi connectivity index (χ1v) is 7.27. The van der Waals surface area contributed by atoms with Gasteiger partial charge in [-0.3, -0.25) is 4.99 Å². The van der Waals surface area contributed by atoms with Crippen molar-refractivity contribution in [1.82, 2.24) is 10.6 Å². The average Bonchev–Trinajstić information content (AvgIpc) is 2.47. The second kappa shape index (κ2) is 8.46. The van der Waals surface area contributed by atoms with Gasteiger partial charge in [0.1, 0.15) is 0 Å². The van der Waals surface area contributed by atoms with Crippen LogP contribution in [0.25, 0.3) is 0 Å². The molecule has 1 atom stereocenters. The van der Waals surface area contributed by atoms with Gasteiger partial charge in [0, 0.05) is 38.9 Å². The van der Waals surface area contributed by atoms with Crippen LogP contribution in [0.4, 0.5) is 5.69 Å². The smallest absolute Gasteiger partial charge is 0.191 e. The summed E-state index contributed by atoms with van der Waals surface area (Å²) in [5, 5.41) is 6.70. The van der Waals surface area contributed by atoms with Crippen LogP contribution in [0.3, 0.4) is 0 Å². The molecule has 0 heterocycles. The lowest BCUT2D eigenvalue weighted by atomic mass is 10.2. The van der Waals surface area contributed by atoms with Crippen LogP contribution in [0.15, 0.2) is 35.3 Å². The number of guanidine groups is 1. The molecule has 0 fully saturated rings. The number of hydrogen-bond donors (Lipinski definition) is 2. The summed E-state index contributed by atoms with van der Waals surface area (Å²) in [6.07, 6.45) is 0. The first kappa shape index (κ1) is 16.3. The summed E-state index contributed by atoms with van der Waals surface area (Å²) in [5.74, 6) is 1.48. The number of nitrogens with zero attached hydrogens (tertiary/aromatic N) is 2. The van der Waals surface area contributed by atoms with E-state index in [-0.39, 0.29) is 0 Å². The van der Waals surface area contributed by atoms with Crippen LogP contribution >= 0.6 is 0 Å². The first-order chi connectivity index (χ1) is 9.54. The van der Waals surface area contributed by atoms with E-state index in [0.29, 0.717) is 12.0 Å². The molecule has 0 saturated heterocycles. The third-order valence-corrected chi connectivity index (χ3v) is 3.29. The third kappa shape index (κ3) is 5.51. The highest BCUT2D eigenvalue weighted by molar-refractivity contribution is 5.79. The van der Waals surface area contributed by atoms with Crippen LogP contribution in [0, 0.1) is 5.92 Å². The topological polar surface area (TPSA) is 39.7 Å². The first-order valence-electron chi connectivity index (χ1n) is 7.27. The van der Waals surface area contributed by atoms with Gasteiger partial charge < -0.3 is 15.5 Å². The Hall–Kier alpha value is -1.71. The van der Waals surface area contributed by atoms with Crippen molar-refractivity contribution in [3.8, 4) is 0 Å². The van der Waals surface area contributed by atoms with Crippen molar-refractivity contribution in [3.05, 3.63) is 30.3 Å². The van der Waals surface area contributed by atoms with E-state index in [2.05, 4.69) is 72.6 Å². The molecule has 0 amide bonds. The average molecular weight is 276 g/mol. The minimum atomic E-state index is 0.384. The predicted octanol–water partition coefficient (Wildman–Crippen LogP) is 2.33. The summed E-state index contributed by atoms with van der Waals surface area (Å²) in [7, 11) is 3.92. The van der Waals surface area contributed by atoms with Crippen LogP contribution in [0.2, 0.25) is 0 Å². The molecule has 4 nitrogen and oxygen atoms in total. The molecule has 0 aliphatic rings. The van der Waals surface area contributed by atoms with Crippen molar-refractivity contribution >= 4 is 11.6 Å². The van der Waals surface area contributed by atoms with Gasteiger partial charge in [-0.05, 0) is 25.0 Å². The van der Waals surface area contributed by atoms with Gasteiger partial charge in [-0.25, -0.2) is 0 Å². The van der Waals surface area contributed by atoms with Gasteiger partial charge in [-0.15, -0.1) is 0 Å². The summed E-state index contributed by atoms with van der Waals surface area (Å²) in [4.78, 5) is 6.51. The fourth-order valence-corrected chi connectivity index (χ4v) is 1.82. The molecule has 0 spiro atoms. The minimum absolute atomic E-state index is 0.384. The largest absolute Gasteiger partial charge is 0.370 e. The van der Waals surface area contributed by atoms with Crippen LogP contribution in [0.1, 0.15) is 20.8 Å². The molecule has 0 aromatic heterocycles. The highest BCUT2D eigenvalue weighted by Gasteiger charge is 2.10. The van der Waals surface area contributed by atoms with Crippen molar-refractivity contribution in [2.75, 3.05) is 32.1 Å². The number of para-hydroxylation sites is 1. The summed E-state index contributed by atoms with van der Waals surface area (Å²) in [5.41, 5.74) is 1.23. The van der Waals surface area contributed by atoms with E-state index in [0.717, 1.165) is 19.0 Å². The maximum atomic E-state index is 4.24. The molecule has 1 rings (SSSR count). The predicted molar refractivity (Wildman–Crippen MR) is 88.5 cm³/mol. The summed E-state index contributed by atoms with van der Waals surface area (Å²) >= 11 is 0. The van der Waals surface area contributed by atoms with Crippen LogP contribution in [-0.2, 0) is 0 Å². The standard InChI is InChI=1S/C16H28N4/c1-13(2)11-18-16(17-4)19-12-14(3)20(5)15-9-7-6-8-10-15/h6-10,13-14H,11-12H2,1-5H3,(H2,17,18,19). The van der Waals surface area contributed by atoms with Gasteiger partial charge in [0.2, 0.25) is 0 Å². The van der Waals surface area contributed by atoms with E-state index in [1.165, 1.54) is 5.69 Å². The van der Waals surface area contributed by atoms with Crippen LogP contribution < -0.4 is 15.5 Å². The molecule has 20 heavy (non-hydrogen) atoms. The normalized spacial score (nSPS) is 13.2. The number of nitrogens with one attached hydrogen (secondary N) is 2. The summed E-state index contributed by atoms with van der Waals surface area (Å²) in [6.45, 7) is 8.36. The Morgan fingerprint density at radius 1 is 1.10 bits per heavy atom. The van der Waals surface area contributed by atoms with Gasteiger partial charge in [-0.2, -0.15) is 0 Å². The van der Waals surface area contributed by atoms with Crippen LogP contribution in [-0.4, -0.2) is 39.2 Å². The molecule has 0 saturated carbocycles. The minimum Gasteiger partial charge on any atom is -0.370 e. The fourth-order valence-electron chi connectivity index (χ4n) is 1.82. The van der Waals surface area contributed by atoms with Crippen molar-refractivity contribution in [3.63, 3.8) is 0 Å². The molecule has 1 aromatic rings. The lowest BCUT2D eigenvalue weighted by molar-refractivity contribution is 0.603. The molecule has 1 aromatic carbocycles. The molecule has 0 bridgehead atoms. The second-order valence-electron chi connectivity index (χ2n) is 5.52. The van der Waals surface area contributed by atoms with Crippen molar-refractivity contribution in [2.24, 2.45) is 10.9 Å². The molecule has 0 aliphatic carbocycles. The third-order valence-electron chi connectivity index (χ3n) is 3.29. The monoisotopic (exact) mass is 276 g/mol. The Morgan fingerprint density at radius 3 is 2.25 bits per heavy atom. The quantitative estimate of drug-likeness (QED) is 0.619. The summed E-state index contributed by atoms with van der Waals surface area (Å²) in [6, 6.07) is 10.8. The van der Waals surface area contributed by atoms with E-state index >= 15 is 0 Å². The van der Waals surface area contributed by atoms with E-state index in [1.807, 2.05) is 6.07 Å². The van der Waals surface area contributed by atoms with E-state index in [1.54, 1.807) is 7.05 Å². The lowest BCUT2D eigenvalue weighted by Crippen LogP contribution is -2.45. The van der Waals surface area contributed by atoms with Gasteiger partial charge >= 0.3 is 0 Å². The Labute approximate surface area is 123 Å².